The Bertz CT molecular complexity index is 479. The molecule has 1 N–H and O–H groups in total. The minimum absolute atomic E-state index is 0.363. The summed E-state index contributed by atoms with van der Waals surface area (Å²) in [5.74, 6) is 0.610. The Morgan fingerprint density at radius 3 is 2.80 bits per heavy atom. The van der Waals surface area contributed by atoms with E-state index in [1.54, 1.807) is 10.9 Å². The first-order valence-corrected chi connectivity index (χ1v) is 4.78. The summed E-state index contributed by atoms with van der Waals surface area (Å²) in [6, 6.07) is 0. The Morgan fingerprint density at radius 2 is 2.20 bits per heavy atom. The van der Waals surface area contributed by atoms with Crippen molar-refractivity contribution in [3.8, 4) is 0 Å². The third kappa shape index (κ3) is 2.24. The van der Waals surface area contributed by atoms with Crippen molar-refractivity contribution in [1.82, 2.24) is 19.7 Å². The molecule has 0 bridgehead atoms. The molecule has 0 atom stereocenters. The van der Waals surface area contributed by atoms with Crippen LogP contribution in [0.15, 0.2) is 18.6 Å². The van der Waals surface area contributed by atoms with Gasteiger partial charge in [0.05, 0.1) is 23.8 Å². The van der Waals surface area contributed by atoms with Crippen LogP contribution in [0.3, 0.4) is 0 Å². The maximum absolute atomic E-state index is 5.72. The molecule has 0 unspecified atom stereocenters. The quantitative estimate of drug-likeness (QED) is 0.845. The highest BCUT2D eigenvalue weighted by Gasteiger charge is 2.04. The van der Waals surface area contributed by atoms with Crippen LogP contribution >= 0.6 is 11.6 Å². The SMILES string of the molecule is Cc1nn(C)cc1Nc1cncc(Cl)n1. The molecule has 0 saturated carbocycles. The van der Waals surface area contributed by atoms with Gasteiger partial charge in [-0.1, -0.05) is 11.6 Å². The van der Waals surface area contributed by atoms with Gasteiger partial charge in [0.1, 0.15) is 5.15 Å². The van der Waals surface area contributed by atoms with Crippen LogP contribution in [0.1, 0.15) is 5.69 Å². The topological polar surface area (TPSA) is 55.6 Å². The van der Waals surface area contributed by atoms with Crippen LogP contribution in [0.4, 0.5) is 11.5 Å². The molecular formula is C9H10ClN5. The van der Waals surface area contributed by atoms with Gasteiger partial charge in [0.15, 0.2) is 5.82 Å². The standard InChI is InChI=1S/C9H10ClN5/c1-6-7(5-15(2)14-6)12-9-4-11-3-8(10)13-9/h3-5H,1-2H3,(H,12,13). The predicted octanol–water partition coefficient (Wildman–Crippen LogP) is 1.92. The number of aromatic nitrogens is 4. The molecular weight excluding hydrogens is 214 g/mol. The Morgan fingerprint density at radius 1 is 1.40 bits per heavy atom. The van der Waals surface area contributed by atoms with E-state index in [-0.39, 0.29) is 0 Å². The maximum atomic E-state index is 5.72. The summed E-state index contributed by atoms with van der Waals surface area (Å²) in [5.41, 5.74) is 1.80. The Labute approximate surface area is 92.1 Å². The Balaban J connectivity index is 2.25. The number of halogens is 1. The molecule has 0 aromatic carbocycles. The average Bonchev–Trinajstić information content (AvgIpc) is 2.45. The lowest BCUT2D eigenvalue weighted by Crippen LogP contribution is -1.94. The van der Waals surface area contributed by atoms with Crippen LogP contribution in [0.5, 0.6) is 0 Å². The molecule has 78 valence electrons. The van der Waals surface area contributed by atoms with Crippen LogP contribution in [0.2, 0.25) is 5.15 Å². The molecule has 0 saturated heterocycles. The lowest BCUT2D eigenvalue weighted by atomic mass is 10.4. The zero-order chi connectivity index (χ0) is 10.8. The van der Waals surface area contributed by atoms with E-state index >= 15 is 0 Å². The number of nitrogens with zero attached hydrogens (tertiary/aromatic N) is 4. The van der Waals surface area contributed by atoms with E-state index in [0.29, 0.717) is 11.0 Å². The van der Waals surface area contributed by atoms with Crippen molar-refractivity contribution >= 4 is 23.1 Å². The monoisotopic (exact) mass is 223 g/mol. The van der Waals surface area contributed by atoms with E-state index in [0.717, 1.165) is 11.4 Å². The van der Waals surface area contributed by atoms with Gasteiger partial charge in [0, 0.05) is 13.2 Å². The van der Waals surface area contributed by atoms with Gasteiger partial charge in [-0.2, -0.15) is 5.10 Å². The number of hydrogen-bond donors (Lipinski definition) is 1. The first kappa shape index (κ1) is 9.92. The molecule has 0 aliphatic heterocycles. The highest BCUT2D eigenvalue weighted by molar-refractivity contribution is 6.29. The highest BCUT2D eigenvalue weighted by atomic mass is 35.5. The summed E-state index contributed by atoms with van der Waals surface area (Å²) in [4.78, 5) is 8.01. The molecule has 5 nitrogen and oxygen atoms in total. The van der Waals surface area contributed by atoms with Crippen molar-refractivity contribution in [2.45, 2.75) is 6.92 Å². The Hall–Kier alpha value is -1.62. The summed E-state index contributed by atoms with van der Waals surface area (Å²) in [7, 11) is 1.86. The molecule has 0 aliphatic carbocycles. The first-order valence-electron chi connectivity index (χ1n) is 4.40. The van der Waals surface area contributed by atoms with Crippen molar-refractivity contribution in [2.24, 2.45) is 7.05 Å². The van der Waals surface area contributed by atoms with Gasteiger partial charge in [-0.15, -0.1) is 0 Å². The lowest BCUT2D eigenvalue weighted by Gasteiger charge is -2.02. The normalized spacial score (nSPS) is 10.3. The van der Waals surface area contributed by atoms with E-state index < -0.39 is 0 Å². The van der Waals surface area contributed by atoms with E-state index in [4.69, 9.17) is 11.6 Å². The minimum atomic E-state index is 0.363. The molecule has 15 heavy (non-hydrogen) atoms. The predicted molar refractivity (Wildman–Crippen MR) is 58.3 cm³/mol. The fraction of sp³-hybridized carbons (Fsp3) is 0.222. The number of rotatable bonds is 2. The van der Waals surface area contributed by atoms with Crippen LogP contribution in [-0.2, 0) is 7.05 Å². The number of hydrogen-bond acceptors (Lipinski definition) is 4. The largest absolute Gasteiger partial charge is 0.336 e. The van der Waals surface area contributed by atoms with E-state index in [9.17, 15) is 0 Å². The maximum Gasteiger partial charge on any atom is 0.150 e. The van der Waals surface area contributed by atoms with Crippen LogP contribution in [0, 0.1) is 6.92 Å². The smallest absolute Gasteiger partial charge is 0.150 e. The van der Waals surface area contributed by atoms with Crippen LogP contribution < -0.4 is 5.32 Å². The molecule has 2 aromatic heterocycles. The van der Waals surface area contributed by atoms with Gasteiger partial charge in [-0.05, 0) is 6.92 Å². The van der Waals surface area contributed by atoms with E-state index in [1.807, 2.05) is 20.2 Å². The summed E-state index contributed by atoms with van der Waals surface area (Å²) >= 11 is 5.72. The van der Waals surface area contributed by atoms with Gasteiger partial charge < -0.3 is 5.32 Å². The molecule has 6 heteroatoms. The van der Waals surface area contributed by atoms with Crippen molar-refractivity contribution in [2.75, 3.05) is 5.32 Å². The third-order valence-corrected chi connectivity index (χ3v) is 2.06. The summed E-state index contributed by atoms with van der Waals surface area (Å²) in [5, 5.41) is 7.66. The number of aryl methyl sites for hydroxylation is 2. The lowest BCUT2D eigenvalue weighted by molar-refractivity contribution is 0.756. The molecule has 0 amide bonds. The second kappa shape index (κ2) is 3.86. The van der Waals surface area contributed by atoms with Crippen molar-refractivity contribution in [1.29, 1.82) is 0 Å². The zero-order valence-electron chi connectivity index (χ0n) is 8.40. The van der Waals surface area contributed by atoms with Gasteiger partial charge >= 0.3 is 0 Å². The van der Waals surface area contributed by atoms with Crippen molar-refractivity contribution < 1.29 is 0 Å². The Kier molecular flexibility index (Phi) is 2.55. The second-order valence-electron chi connectivity index (χ2n) is 3.15. The van der Waals surface area contributed by atoms with Crippen molar-refractivity contribution in [3.63, 3.8) is 0 Å². The van der Waals surface area contributed by atoms with Gasteiger partial charge in [-0.25, -0.2) is 4.98 Å². The highest BCUT2D eigenvalue weighted by Crippen LogP contribution is 2.17. The summed E-state index contributed by atoms with van der Waals surface area (Å²) < 4.78 is 1.73. The molecule has 0 aliphatic rings. The fourth-order valence-electron chi connectivity index (χ4n) is 1.26. The van der Waals surface area contributed by atoms with Gasteiger partial charge in [0.2, 0.25) is 0 Å². The van der Waals surface area contributed by atoms with Gasteiger partial charge in [0.25, 0.3) is 0 Å². The molecule has 2 heterocycles. The average molecular weight is 224 g/mol. The van der Waals surface area contributed by atoms with Crippen LogP contribution in [0.25, 0.3) is 0 Å². The second-order valence-corrected chi connectivity index (χ2v) is 3.54. The summed E-state index contributed by atoms with van der Waals surface area (Å²) in [6.45, 7) is 1.92. The van der Waals surface area contributed by atoms with E-state index in [2.05, 4.69) is 20.4 Å². The van der Waals surface area contributed by atoms with Crippen molar-refractivity contribution in [3.05, 3.63) is 29.4 Å². The first-order chi connectivity index (χ1) is 7.15. The summed E-state index contributed by atoms with van der Waals surface area (Å²) in [6.07, 6.45) is 4.97. The molecule has 0 spiro atoms. The molecule has 0 radical (unpaired) electrons. The molecule has 2 rings (SSSR count). The fourth-order valence-corrected chi connectivity index (χ4v) is 1.41. The third-order valence-electron chi connectivity index (χ3n) is 1.88. The molecule has 0 fully saturated rings. The van der Waals surface area contributed by atoms with Gasteiger partial charge in [-0.3, -0.25) is 9.67 Å². The zero-order valence-corrected chi connectivity index (χ0v) is 9.15. The van der Waals surface area contributed by atoms with E-state index in [1.165, 1.54) is 6.20 Å². The number of anilines is 2. The molecule has 2 aromatic rings. The van der Waals surface area contributed by atoms with Crippen LogP contribution in [-0.4, -0.2) is 19.7 Å². The number of nitrogens with one attached hydrogen (secondary N) is 1. The minimum Gasteiger partial charge on any atom is -0.336 e.